The van der Waals surface area contributed by atoms with Crippen molar-refractivity contribution < 1.29 is 9.50 Å². The van der Waals surface area contributed by atoms with Crippen LogP contribution < -0.4 is 0 Å². The summed E-state index contributed by atoms with van der Waals surface area (Å²) in [5.74, 6) is 0.157. The van der Waals surface area contributed by atoms with Crippen molar-refractivity contribution in [3.05, 3.63) is 34.6 Å². The fourth-order valence-electron chi connectivity index (χ4n) is 1.49. The predicted octanol–water partition coefficient (Wildman–Crippen LogP) is 3.29. The van der Waals surface area contributed by atoms with Crippen molar-refractivity contribution in [3.63, 3.8) is 0 Å². The van der Waals surface area contributed by atoms with Gasteiger partial charge >= 0.3 is 0 Å². The molecular weight excluding hydrogens is 215 g/mol. The Hall–Kier alpha value is -0.600. The molecule has 1 aromatic rings. The zero-order valence-corrected chi connectivity index (χ0v) is 9.76. The summed E-state index contributed by atoms with van der Waals surface area (Å²) >= 11 is 5.79. The molecule has 0 saturated heterocycles. The van der Waals surface area contributed by atoms with Crippen molar-refractivity contribution in [1.82, 2.24) is 0 Å². The highest BCUT2D eigenvalue weighted by Crippen LogP contribution is 2.21. The molecular formula is C12H16ClFO. The van der Waals surface area contributed by atoms with E-state index in [4.69, 9.17) is 16.7 Å². The van der Waals surface area contributed by atoms with Crippen LogP contribution in [0.5, 0.6) is 0 Å². The molecule has 0 heterocycles. The Kier molecular flexibility index (Phi) is 4.55. The fraction of sp³-hybridized carbons (Fsp3) is 0.500. The smallest absolute Gasteiger partial charge is 0.126 e. The van der Waals surface area contributed by atoms with Crippen LogP contribution in [0.2, 0.25) is 5.02 Å². The van der Waals surface area contributed by atoms with E-state index in [1.165, 1.54) is 12.1 Å². The van der Waals surface area contributed by atoms with E-state index in [2.05, 4.69) is 0 Å². The third-order valence-corrected chi connectivity index (χ3v) is 2.90. The fourth-order valence-corrected chi connectivity index (χ4v) is 1.69. The van der Waals surface area contributed by atoms with Crippen molar-refractivity contribution in [1.29, 1.82) is 0 Å². The van der Waals surface area contributed by atoms with Crippen LogP contribution in [0.4, 0.5) is 4.39 Å². The Labute approximate surface area is 94.9 Å². The van der Waals surface area contributed by atoms with Crippen molar-refractivity contribution in [3.8, 4) is 0 Å². The second-order valence-electron chi connectivity index (χ2n) is 4.13. The quantitative estimate of drug-likeness (QED) is 0.842. The maximum absolute atomic E-state index is 13.4. The van der Waals surface area contributed by atoms with Gasteiger partial charge in [0.25, 0.3) is 0 Å². The highest BCUT2D eigenvalue weighted by Gasteiger charge is 2.15. The van der Waals surface area contributed by atoms with Gasteiger partial charge in [0, 0.05) is 11.6 Å². The summed E-state index contributed by atoms with van der Waals surface area (Å²) in [6.07, 6.45) is 0.528. The van der Waals surface area contributed by atoms with Gasteiger partial charge in [0.1, 0.15) is 5.82 Å². The van der Waals surface area contributed by atoms with Gasteiger partial charge < -0.3 is 5.11 Å². The van der Waals surface area contributed by atoms with E-state index >= 15 is 0 Å². The van der Waals surface area contributed by atoms with Crippen LogP contribution >= 0.6 is 11.6 Å². The number of aliphatic hydroxyl groups is 1. The van der Waals surface area contributed by atoms with Crippen LogP contribution in [-0.2, 0) is 6.42 Å². The number of rotatable bonds is 4. The molecule has 1 unspecified atom stereocenters. The molecule has 1 atom stereocenters. The van der Waals surface area contributed by atoms with Gasteiger partial charge in [-0.15, -0.1) is 0 Å². The van der Waals surface area contributed by atoms with E-state index in [1.807, 2.05) is 13.8 Å². The summed E-state index contributed by atoms with van der Waals surface area (Å²) in [5, 5.41) is 9.70. The number of hydrogen-bond donors (Lipinski definition) is 1. The first-order chi connectivity index (χ1) is 7.04. The molecule has 0 bridgehead atoms. The first-order valence-electron chi connectivity index (χ1n) is 5.09. The Morgan fingerprint density at radius 1 is 1.40 bits per heavy atom. The van der Waals surface area contributed by atoms with Gasteiger partial charge in [-0.2, -0.15) is 0 Å². The zero-order chi connectivity index (χ0) is 11.4. The number of halogens is 2. The third kappa shape index (κ3) is 3.47. The Balaban J connectivity index is 2.82. The van der Waals surface area contributed by atoms with Crippen LogP contribution in [0, 0.1) is 17.7 Å². The summed E-state index contributed by atoms with van der Waals surface area (Å²) in [4.78, 5) is 0. The Morgan fingerprint density at radius 2 is 2.07 bits per heavy atom. The van der Waals surface area contributed by atoms with E-state index < -0.39 is 0 Å². The molecule has 0 saturated carbocycles. The van der Waals surface area contributed by atoms with Crippen molar-refractivity contribution in [2.75, 3.05) is 6.61 Å². The molecule has 0 aliphatic carbocycles. The maximum atomic E-state index is 13.4. The van der Waals surface area contributed by atoms with Crippen molar-refractivity contribution in [2.45, 2.75) is 20.3 Å². The summed E-state index contributed by atoms with van der Waals surface area (Å²) in [7, 11) is 0. The molecule has 1 nitrogen and oxygen atoms in total. The first kappa shape index (κ1) is 12.5. The molecule has 0 amide bonds. The monoisotopic (exact) mass is 230 g/mol. The topological polar surface area (TPSA) is 20.2 Å². The van der Waals surface area contributed by atoms with Gasteiger partial charge in [-0.05, 0) is 42.0 Å². The summed E-state index contributed by atoms with van der Waals surface area (Å²) in [5.41, 5.74) is 0.579. The van der Waals surface area contributed by atoms with Gasteiger partial charge in [0.05, 0.1) is 0 Å². The average Bonchev–Trinajstić information content (AvgIpc) is 2.18. The normalized spacial score (nSPS) is 13.2. The van der Waals surface area contributed by atoms with Gasteiger partial charge in [0.15, 0.2) is 0 Å². The zero-order valence-electron chi connectivity index (χ0n) is 9.00. The molecule has 0 aliphatic heterocycles. The minimum absolute atomic E-state index is 0.0730. The predicted molar refractivity (Wildman–Crippen MR) is 60.5 cm³/mol. The SMILES string of the molecule is CC(C)C(CO)Cc1cc(Cl)ccc1F. The number of hydrogen-bond acceptors (Lipinski definition) is 1. The lowest BCUT2D eigenvalue weighted by molar-refractivity contribution is 0.188. The van der Waals surface area contributed by atoms with Crippen molar-refractivity contribution >= 4 is 11.6 Å². The van der Waals surface area contributed by atoms with Gasteiger partial charge in [-0.25, -0.2) is 4.39 Å². The molecule has 0 radical (unpaired) electrons. The highest BCUT2D eigenvalue weighted by molar-refractivity contribution is 6.30. The molecule has 0 aromatic heterocycles. The van der Waals surface area contributed by atoms with E-state index in [9.17, 15) is 4.39 Å². The maximum Gasteiger partial charge on any atom is 0.126 e. The van der Waals surface area contributed by atoms with Crippen molar-refractivity contribution in [2.24, 2.45) is 11.8 Å². The second kappa shape index (κ2) is 5.47. The average molecular weight is 231 g/mol. The Bertz CT molecular complexity index is 325. The first-order valence-corrected chi connectivity index (χ1v) is 5.47. The van der Waals surface area contributed by atoms with E-state index in [-0.39, 0.29) is 18.3 Å². The van der Waals surface area contributed by atoms with Crippen LogP contribution in [-0.4, -0.2) is 11.7 Å². The van der Waals surface area contributed by atoms with E-state index in [1.54, 1.807) is 6.07 Å². The molecule has 15 heavy (non-hydrogen) atoms. The molecule has 1 N–H and O–H groups in total. The lowest BCUT2D eigenvalue weighted by atomic mass is 9.90. The second-order valence-corrected chi connectivity index (χ2v) is 4.56. The molecule has 0 spiro atoms. The molecule has 1 aromatic carbocycles. The van der Waals surface area contributed by atoms with Crippen LogP contribution in [0.3, 0.4) is 0 Å². The molecule has 84 valence electrons. The molecule has 0 fully saturated rings. The molecule has 1 rings (SSSR count). The van der Waals surface area contributed by atoms with Crippen LogP contribution in [0.25, 0.3) is 0 Å². The minimum Gasteiger partial charge on any atom is -0.396 e. The van der Waals surface area contributed by atoms with Crippen LogP contribution in [0.1, 0.15) is 19.4 Å². The standard InChI is InChI=1S/C12H16ClFO/c1-8(2)10(7-15)5-9-6-11(13)3-4-12(9)14/h3-4,6,8,10,15H,5,7H2,1-2H3. The Morgan fingerprint density at radius 3 is 2.60 bits per heavy atom. The van der Waals surface area contributed by atoms with Gasteiger partial charge in [-0.3, -0.25) is 0 Å². The largest absolute Gasteiger partial charge is 0.396 e. The summed E-state index contributed by atoms with van der Waals surface area (Å²) in [6, 6.07) is 4.53. The van der Waals surface area contributed by atoms with E-state index in [0.29, 0.717) is 22.9 Å². The summed E-state index contributed by atoms with van der Waals surface area (Å²) < 4.78 is 13.4. The lowest BCUT2D eigenvalue weighted by Crippen LogP contribution is -2.16. The lowest BCUT2D eigenvalue weighted by Gasteiger charge is -2.18. The highest BCUT2D eigenvalue weighted by atomic mass is 35.5. The van der Waals surface area contributed by atoms with Crippen LogP contribution in [0.15, 0.2) is 18.2 Å². The third-order valence-electron chi connectivity index (χ3n) is 2.67. The number of aliphatic hydroxyl groups excluding tert-OH is 1. The number of benzene rings is 1. The summed E-state index contributed by atoms with van der Waals surface area (Å²) in [6.45, 7) is 4.11. The molecule has 0 aliphatic rings. The van der Waals surface area contributed by atoms with Gasteiger partial charge in [-0.1, -0.05) is 25.4 Å². The molecule has 3 heteroatoms. The minimum atomic E-state index is -0.251. The van der Waals surface area contributed by atoms with E-state index in [0.717, 1.165) is 0 Å². The van der Waals surface area contributed by atoms with Gasteiger partial charge in [0.2, 0.25) is 0 Å².